The van der Waals surface area contributed by atoms with Gasteiger partial charge in [-0.05, 0) is 36.8 Å². The van der Waals surface area contributed by atoms with Gasteiger partial charge in [0.1, 0.15) is 59.6 Å². The molecule has 6 N–H and O–H groups in total. The summed E-state index contributed by atoms with van der Waals surface area (Å²) in [6.45, 7) is 2.52. The summed E-state index contributed by atoms with van der Waals surface area (Å²) in [6, 6.07) is 16.2. The summed E-state index contributed by atoms with van der Waals surface area (Å²) in [7, 11) is -5.14. The van der Waals surface area contributed by atoms with E-state index in [1.54, 1.807) is 42.5 Å². The van der Waals surface area contributed by atoms with Crippen LogP contribution in [0.1, 0.15) is 46.8 Å². The highest BCUT2D eigenvalue weighted by Crippen LogP contribution is 2.58. The number of phosphoric acid groups is 1. The summed E-state index contributed by atoms with van der Waals surface area (Å²) in [5.41, 5.74) is 0.458. The number of phosphoric ester groups is 1. The van der Waals surface area contributed by atoms with Crippen LogP contribution in [0, 0.1) is 0 Å². The maximum atomic E-state index is 13.1. The van der Waals surface area contributed by atoms with Crippen LogP contribution >= 0.6 is 7.82 Å². The van der Waals surface area contributed by atoms with Gasteiger partial charge in [0.05, 0.1) is 12.2 Å². The fourth-order valence-electron chi connectivity index (χ4n) is 5.75. The minimum atomic E-state index is -5.14. The molecule has 0 radical (unpaired) electrons. The summed E-state index contributed by atoms with van der Waals surface area (Å²) in [5.74, 6) is 0.175. The number of aliphatic hydroxyl groups excluding tert-OH is 5. The van der Waals surface area contributed by atoms with Gasteiger partial charge in [-0.25, -0.2) is 9.36 Å². The van der Waals surface area contributed by atoms with Crippen molar-refractivity contribution in [2.75, 3.05) is 6.61 Å². The van der Waals surface area contributed by atoms with Crippen LogP contribution in [-0.2, 0) is 19.4 Å². The highest BCUT2D eigenvalue weighted by Gasteiger charge is 2.54. The van der Waals surface area contributed by atoms with E-state index < -0.39 is 56.0 Å². The first kappa shape index (κ1) is 30.5. The van der Waals surface area contributed by atoms with Crippen molar-refractivity contribution in [1.29, 1.82) is 0 Å². The van der Waals surface area contributed by atoms with Crippen LogP contribution in [0.3, 0.4) is 0 Å². The fourth-order valence-corrected chi connectivity index (χ4v) is 6.73. The Kier molecular flexibility index (Phi) is 7.93. The molecule has 6 rings (SSSR count). The van der Waals surface area contributed by atoms with Gasteiger partial charge in [0.15, 0.2) is 5.60 Å². The predicted octanol–water partition coefficient (Wildman–Crippen LogP) is 2.12. The molecule has 13 nitrogen and oxygen atoms in total. The Balaban J connectivity index is 1.35. The van der Waals surface area contributed by atoms with Gasteiger partial charge in [0, 0.05) is 28.8 Å². The molecule has 1 spiro atoms. The minimum Gasteiger partial charge on any atom is -0.493 e. The van der Waals surface area contributed by atoms with Crippen LogP contribution in [0.5, 0.6) is 23.0 Å². The van der Waals surface area contributed by atoms with Crippen molar-refractivity contribution in [3.05, 3.63) is 82.9 Å². The van der Waals surface area contributed by atoms with E-state index in [1.807, 2.05) is 6.92 Å². The van der Waals surface area contributed by atoms with E-state index in [-0.39, 0.29) is 11.5 Å². The molecule has 1 fully saturated rings. The topological polar surface area (TPSA) is 202 Å². The Morgan fingerprint density at radius 2 is 1.41 bits per heavy atom. The minimum absolute atomic E-state index is 0.122. The molecule has 3 unspecified atom stereocenters. The molecule has 8 atom stereocenters. The van der Waals surface area contributed by atoms with Gasteiger partial charge in [-0.15, -0.1) is 0 Å². The molecule has 2 aliphatic heterocycles. The highest BCUT2D eigenvalue weighted by atomic mass is 31.2. The predicted molar refractivity (Wildman–Crippen MR) is 150 cm³/mol. The number of carbonyl (C=O) groups excluding carboxylic acids is 1. The van der Waals surface area contributed by atoms with Gasteiger partial charge in [0.2, 0.25) is 0 Å². The van der Waals surface area contributed by atoms with E-state index in [9.17, 15) is 39.8 Å². The number of hydrogen-bond donors (Lipinski definition) is 6. The Labute approximate surface area is 251 Å². The van der Waals surface area contributed by atoms with Crippen molar-refractivity contribution in [3.8, 4) is 23.0 Å². The summed E-state index contributed by atoms with van der Waals surface area (Å²) < 4.78 is 41.3. The van der Waals surface area contributed by atoms with Crippen molar-refractivity contribution in [1.82, 2.24) is 0 Å². The quantitative estimate of drug-likeness (QED) is 0.120. The molecule has 1 saturated carbocycles. The van der Waals surface area contributed by atoms with E-state index in [2.05, 4.69) is 0 Å². The zero-order valence-corrected chi connectivity index (χ0v) is 24.2. The number of carbonyl (C=O) groups is 1. The third-order valence-corrected chi connectivity index (χ3v) is 8.92. The normalized spacial score (nSPS) is 29.9. The Bertz CT molecular complexity index is 1610. The molecule has 14 heteroatoms. The third kappa shape index (κ3) is 5.05. The van der Waals surface area contributed by atoms with E-state index in [4.69, 9.17) is 23.3 Å². The number of hydrogen-bond acceptors (Lipinski definition) is 12. The van der Waals surface area contributed by atoms with Gasteiger partial charge in [-0.3, -0.25) is 9.42 Å². The van der Waals surface area contributed by atoms with Crippen LogP contribution in [0.4, 0.5) is 0 Å². The number of fused-ring (bicyclic) bond motifs is 6. The fraction of sp³-hybridized carbons (Fsp3) is 0.367. The molecule has 0 saturated heterocycles. The molecule has 0 aromatic heterocycles. The van der Waals surface area contributed by atoms with Crippen LogP contribution in [0.25, 0.3) is 0 Å². The summed E-state index contributed by atoms with van der Waals surface area (Å²) in [5, 5.41) is 50.1. The largest absolute Gasteiger partial charge is 0.527 e. The smallest absolute Gasteiger partial charge is 0.493 e. The standard InChI is InChI=1S/C30H31O13P/c1-2-3-12-39-15-8-10-19-21(13-15)40-22-14-16(9-11-20(22)30(19)18-7-5-4-6-17(18)29(36)41-30)42-44(37,38)43-28-26(34)24(32)23(31)25(33)27(28)35/h4-11,13-14,23-28,31-35H,2-3,12H2,1H3,(H,37,38)/t23?,24-,25+,26-,27-,28?,30+/m1/s1. The molecule has 3 aromatic rings. The Morgan fingerprint density at radius 3 is 2.07 bits per heavy atom. The number of esters is 1. The average molecular weight is 631 g/mol. The zero-order valence-electron chi connectivity index (χ0n) is 23.3. The van der Waals surface area contributed by atoms with Gasteiger partial charge < -0.3 is 44.3 Å². The van der Waals surface area contributed by atoms with Crippen LogP contribution in [0.15, 0.2) is 60.7 Å². The number of benzene rings is 3. The first-order valence-electron chi connectivity index (χ1n) is 14.0. The number of unbranched alkanes of at least 4 members (excludes halogenated alkanes) is 1. The Morgan fingerprint density at radius 1 is 0.818 bits per heavy atom. The molecular weight excluding hydrogens is 599 g/mol. The van der Waals surface area contributed by atoms with E-state index >= 15 is 0 Å². The Hall–Kier alpha value is -3.52. The van der Waals surface area contributed by atoms with Gasteiger partial charge in [0.25, 0.3) is 0 Å². The lowest BCUT2D eigenvalue weighted by Crippen LogP contribution is -2.64. The maximum absolute atomic E-state index is 13.1. The molecule has 234 valence electrons. The number of aliphatic hydroxyl groups is 5. The van der Waals surface area contributed by atoms with Crippen LogP contribution < -0.4 is 14.0 Å². The molecule has 0 bridgehead atoms. The second-order valence-corrected chi connectivity index (χ2v) is 12.1. The van der Waals surface area contributed by atoms with Crippen molar-refractivity contribution < 1.29 is 63.0 Å². The second kappa shape index (κ2) is 11.4. The van der Waals surface area contributed by atoms with Crippen molar-refractivity contribution in [2.24, 2.45) is 0 Å². The highest BCUT2D eigenvalue weighted by molar-refractivity contribution is 7.47. The molecule has 44 heavy (non-hydrogen) atoms. The molecule has 0 amide bonds. The SMILES string of the molecule is CCCCOc1ccc2c(c1)Oc1cc(OP(=O)(O)OC3[C@H](O)[C@H](O)C(O)[C@H](O)[C@H]3O)ccc1[C@@]21OC(=O)c2ccccc21. The molecule has 3 aliphatic rings. The second-order valence-electron chi connectivity index (χ2n) is 10.8. The lowest BCUT2D eigenvalue weighted by atomic mass is 9.77. The number of ether oxygens (including phenoxy) is 3. The monoisotopic (exact) mass is 630 g/mol. The third-order valence-electron chi connectivity index (χ3n) is 7.97. The lowest BCUT2D eigenvalue weighted by molar-refractivity contribution is -0.219. The van der Waals surface area contributed by atoms with Crippen molar-refractivity contribution in [2.45, 2.75) is 62.0 Å². The summed E-state index contributed by atoms with van der Waals surface area (Å²) in [6.07, 6.45) is -10.1. The van der Waals surface area contributed by atoms with Crippen LogP contribution in [0.2, 0.25) is 0 Å². The van der Waals surface area contributed by atoms with Crippen molar-refractivity contribution in [3.63, 3.8) is 0 Å². The summed E-state index contributed by atoms with van der Waals surface area (Å²) in [4.78, 5) is 23.6. The molecule has 1 aliphatic carbocycles. The van der Waals surface area contributed by atoms with E-state index in [0.717, 1.165) is 12.8 Å². The maximum Gasteiger partial charge on any atom is 0.527 e. The van der Waals surface area contributed by atoms with Gasteiger partial charge in [-0.2, -0.15) is 0 Å². The number of rotatable bonds is 8. The van der Waals surface area contributed by atoms with Crippen LogP contribution in [-0.4, -0.2) is 79.6 Å². The lowest BCUT2D eigenvalue weighted by Gasteiger charge is -2.41. The van der Waals surface area contributed by atoms with Gasteiger partial charge >= 0.3 is 13.8 Å². The first-order chi connectivity index (χ1) is 21.0. The average Bonchev–Trinajstić information content (AvgIpc) is 3.29. The van der Waals surface area contributed by atoms with Gasteiger partial charge in [-0.1, -0.05) is 31.5 Å². The molecular formula is C30H31O13P. The van der Waals surface area contributed by atoms with E-state index in [0.29, 0.717) is 40.4 Å². The summed E-state index contributed by atoms with van der Waals surface area (Å²) >= 11 is 0. The molecule has 3 aromatic carbocycles. The van der Waals surface area contributed by atoms with E-state index in [1.165, 1.54) is 18.2 Å². The molecule has 2 heterocycles. The first-order valence-corrected chi connectivity index (χ1v) is 15.5. The van der Waals surface area contributed by atoms with Crippen molar-refractivity contribution >= 4 is 13.8 Å². The zero-order chi connectivity index (χ0) is 31.4.